The summed E-state index contributed by atoms with van der Waals surface area (Å²) in [7, 11) is 0. The number of nitrogens with zero attached hydrogens (tertiary/aromatic N) is 2. The number of amides is 1. The van der Waals surface area contributed by atoms with Gasteiger partial charge in [0.1, 0.15) is 0 Å². The van der Waals surface area contributed by atoms with Crippen LogP contribution in [0.2, 0.25) is 0 Å². The molecule has 2 aliphatic rings. The molecule has 11 heteroatoms. The van der Waals surface area contributed by atoms with Gasteiger partial charge in [0, 0.05) is 18.0 Å². The molecule has 1 fully saturated rings. The van der Waals surface area contributed by atoms with Crippen molar-refractivity contribution in [3.8, 4) is 0 Å². The Bertz CT molecular complexity index is 925. The number of likely N-dealkylation sites (tertiary alicyclic amines) is 1. The molecule has 32 heavy (non-hydrogen) atoms. The number of aliphatic hydroxyl groups excluding tert-OH is 1. The third-order valence-electron chi connectivity index (χ3n) is 5.94. The molecule has 4 rings (SSSR count). The summed E-state index contributed by atoms with van der Waals surface area (Å²) in [6.07, 6.45) is -0.577. The molecule has 1 aromatic heterocycles. The zero-order valence-electron chi connectivity index (χ0n) is 17.1. The van der Waals surface area contributed by atoms with Gasteiger partial charge in [-0.3, -0.25) is 4.79 Å². The molecule has 1 saturated heterocycles. The Kier molecular flexibility index (Phi) is 7.19. The number of β-amino-alcohol motifs (C(OH)–C–C–N with tert-alkyl or cyclic N) is 1. The summed E-state index contributed by atoms with van der Waals surface area (Å²) in [5, 5.41) is 23.0. The topological polar surface area (TPSA) is 116 Å². The lowest BCUT2D eigenvalue weighted by molar-refractivity contribution is -0.192. The minimum atomic E-state index is -5.08. The number of carbonyl (C=O) groups excluding carboxylic acids is 1. The van der Waals surface area contributed by atoms with E-state index in [9.17, 15) is 18.0 Å². The van der Waals surface area contributed by atoms with Crippen molar-refractivity contribution in [1.29, 1.82) is 0 Å². The molecule has 8 nitrogen and oxygen atoms in total. The van der Waals surface area contributed by atoms with Crippen LogP contribution in [0, 0.1) is 0 Å². The van der Waals surface area contributed by atoms with Crippen LogP contribution in [0.3, 0.4) is 0 Å². The summed E-state index contributed by atoms with van der Waals surface area (Å²) in [6.45, 7) is 2.91. The summed E-state index contributed by atoms with van der Waals surface area (Å²) >= 11 is 0. The predicted molar refractivity (Wildman–Crippen MR) is 106 cm³/mol. The standard InChI is InChI=1S/C19H23N3O3.C2HF3O2/c23-12-11-22-9-6-19(7-10-22)13-16(14-3-1-2-4-15(14)19)21-18(24)17-5-8-20-25-17;3-2(4,5)1(6)7/h1-5,8,16,23H,6-7,9-13H2,(H,21,24);(H,6,7). The fourth-order valence-corrected chi connectivity index (χ4v) is 4.41. The van der Waals surface area contributed by atoms with E-state index < -0.39 is 12.1 Å². The molecule has 174 valence electrons. The van der Waals surface area contributed by atoms with Gasteiger partial charge >= 0.3 is 12.1 Å². The Hall–Kier alpha value is -2.92. The van der Waals surface area contributed by atoms with Crippen molar-refractivity contribution >= 4 is 11.9 Å². The highest BCUT2D eigenvalue weighted by Crippen LogP contribution is 2.50. The molecular weight excluding hydrogens is 431 g/mol. The number of hydrogen-bond donors (Lipinski definition) is 3. The largest absolute Gasteiger partial charge is 0.490 e. The lowest BCUT2D eigenvalue weighted by Gasteiger charge is -2.40. The second-order valence-electron chi connectivity index (χ2n) is 7.84. The van der Waals surface area contributed by atoms with E-state index in [1.807, 2.05) is 6.07 Å². The van der Waals surface area contributed by atoms with E-state index in [2.05, 4.69) is 33.6 Å². The second kappa shape index (κ2) is 9.70. The predicted octanol–water partition coefficient (Wildman–Crippen LogP) is 2.51. The number of halogens is 3. The van der Waals surface area contributed by atoms with Crippen molar-refractivity contribution in [1.82, 2.24) is 15.4 Å². The zero-order valence-corrected chi connectivity index (χ0v) is 17.1. The zero-order chi connectivity index (χ0) is 23.4. The van der Waals surface area contributed by atoms with Gasteiger partial charge in [-0.2, -0.15) is 13.2 Å². The number of carboxylic acid groups (broad SMARTS) is 1. The lowest BCUT2D eigenvalue weighted by atomic mass is 9.73. The number of benzene rings is 1. The molecule has 2 heterocycles. The highest BCUT2D eigenvalue weighted by molar-refractivity contribution is 5.91. The third-order valence-corrected chi connectivity index (χ3v) is 5.94. The van der Waals surface area contributed by atoms with Gasteiger partial charge in [-0.05, 0) is 43.5 Å². The molecule has 0 saturated carbocycles. The maximum Gasteiger partial charge on any atom is 0.490 e. The molecule has 1 aliphatic heterocycles. The number of aromatic nitrogens is 1. The quantitative estimate of drug-likeness (QED) is 0.649. The van der Waals surface area contributed by atoms with Crippen LogP contribution < -0.4 is 5.32 Å². The van der Waals surface area contributed by atoms with Gasteiger partial charge in [0.05, 0.1) is 18.8 Å². The Balaban J connectivity index is 0.000000360. The second-order valence-corrected chi connectivity index (χ2v) is 7.84. The van der Waals surface area contributed by atoms with Crippen LogP contribution in [0.1, 0.15) is 47.0 Å². The molecule has 1 atom stereocenters. The number of fused-ring (bicyclic) bond motifs is 2. The molecule has 0 radical (unpaired) electrons. The number of nitrogens with one attached hydrogen (secondary N) is 1. The summed E-state index contributed by atoms with van der Waals surface area (Å²) < 4.78 is 36.7. The average Bonchev–Trinajstić information content (AvgIpc) is 3.38. The highest BCUT2D eigenvalue weighted by Gasteiger charge is 2.45. The first-order chi connectivity index (χ1) is 15.2. The summed E-state index contributed by atoms with van der Waals surface area (Å²) in [5.74, 6) is -2.73. The first-order valence-corrected chi connectivity index (χ1v) is 10.1. The molecular formula is C21H24F3N3O5. The van der Waals surface area contributed by atoms with E-state index in [1.165, 1.54) is 17.3 Å². The normalized spacial score (nSPS) is 19.7. The Morgan fingerprint density at radius 1 is 1.22 bits per heavy atom. The molecule has 3 N–H and O–H groups in total. The van der Waals surface area contributed by atoms with Crippen molar-refractivity contribution in [2.24, 2.45) is 0 Å². The van der Waals surface area contributed by atoms with E-state index in [4.69, 9.17) is 19.5 Å². The Morgan fingerprint density at radius 3 is 2.44 bits per heavy atom. The van der Waals surface area contributed by atoms with Gasteiger partial charge in [0.25, 0.3) is 5.91 Å². The maximum absolute atomic E-state index is 12.4. The van der Waals surface area contributed by atoms with Gasteiger partial charge in [0.2, 0.25) is 5.76 Å². The monoisotopic (exact) mass is 455 g/mol. The van der Waals surface area contributed by atoms with E-state index in [0.29, 0.717) is 0 Å². The number of hydrogen-bond acceptors (Lipinski definition) is 6. The molecule has 1 spiro atoms. The summed E-state index contributed by atoms with van der Waals surface area (Å²) in [5.41, 5.74) is 2.69. The SMILES string of the molecule is O=C(NC1CC2(CCN(CCO)CC2)c2ccccc21)c1ccno1.O=C(O)C(F)(F)F. The van der Waals surface area contributed by atoms with Crippen LogP contribution in [-0.2, 0) is 10.2 Å². The van der Waals surface area contributed by atoms with Crippen LogP contribution >= 0.6 is 0 Å². The van der Waals surface area contributed by atoms with Crippen LogP contribution in [0.25, 0.3) is 0 Å². The van der Waals surface area contributed by atoms with Gasteiger partial charge in [-0.1, -0.05) is 29.4 Å². The summed E-state index contributed by atoms with van der Waals surface area (Å²) in [4.78, 5) is 23.6. The maximum atomic E-state index is 12.4. The molecule has 0 bridgehead atoms. The lowest BCUT2D eigenvalue weighted by Crippen LogP contribution is -2.43. The van der Waals surface area contributed by atoms with Gasteiger partial charge in [-0.15, -0.1) is 0 Å². The van der Waals surface area contributed by atoms with E-state index in [1.54, 1.807) is 6.07 Å². The van der Waals surface area contributed by atoms with Crippen molar-refractivity contribution in [3.63, 3.8) is 0 Å². The first kappa shape index (κ1) is 23.7. The van der Waals surface area contributed by atoms with Crippen LogP contribution in [-0.4, -0.2) is 64.6 Å². The van der Waals surface area contributed by atoms with Crippen molar-refractivity contribution < 1.29 is 37.5 Å². The van der Waals surface area contributed by atoms with Crippen LogP contribution in [0.4, 0.5) is 13.2 Å². The third kappa shape index (κ3) is 5.28. The number of carbonyl (C=O) groups is 2. The Labute approximate surface area is 182 Å². The minimum absolute atomic E-state index is 0.00167. The minimum Gasteiger partial charge on any atom is -0.475 e. The highest BCUT2D eigenvalue weighted by atomic mass is 19.4. The van der Waals surface area contributed by atoms with Crippen LogP contribution in [0.15, 0.2) is 41.1 Å². The van der Waals surface area contributed by atoms with Gasteiger partial charge < -0.3 is 25.0 Å². The molecule has 1 unspecified atom stereocenters. The number of piperidine rings is 1. The number of rotatable bonds is 4. The fourth-order valence-electron chi connectivity index (χ4n) is 4.41. The van der Waals surface area contributed by atoms with E-state index in [0.717, 1.165) is 38.9 Å². The molecule has 1 aliphatic carbocycles. The number of aliphatic carboxylic acids is 1. The van der Waals surface area contributed by atoms with Crippen molar-refractivity contribution in [2.45, 2.75) is 36.9 Å². The smallest absolute Gasteiger partial charge is 0.475 e. The molecule has 1 amide bonds. The number of carboxylic acids is 1. The fraction of sp³-hybridized carbons (Fsp3) is 0.476. The average molecular weight is 455 g/mol. The number of alkyl halides is 3. The van der Waals surface area contributed by atoms with Crippen LogP contribution in [0.5, 0.6) is 0 Å². The van der Waals surface area contributed by atoms with E-state index >= 15 is 0 Å². The van der Waals surface area contributed by atoms with Crippen molar-refractivity contribution in [3.05, 3.63) is 53.4 Å². The number of aliphatic hydroxyl groups is 1. The van der Waals surface area contributed by atoms with Crippen molar-refractivity contribution in [2.75, 3.05) is 26.2 Å². The Morgan fingerprint density at radius 2 is 1.88 bits per heavy atom. The summed E-state index contributed by atoms with van der Waals surface area (Å²) in [6, 6.07) is 10.0. The van der Waals surface area contributed by atoms with E-state index in [-0.39, 0.29) is 29.7 Å². The van der Waals surface area contributed by atoms with Gasteiger partial charge in [0.15, 0.2) is 0 Å². The van der Waals surface area contributed by atoms with Gasteiger partial charge in [-0.25, -0.2) is 4.79 Å². The first-order valence-electron chi connectivity index (χ1n) is 10.1. The molecule has 2 aromatic rings. The molecule has 1 aromatic carbocycles.